The van der Waals surface area contributed by atoms with Crippen LogP contribution in [0.3, 0.4) is 0 Å². The van der Waals surface area contributed by atoms with Crippen molar-refractivity contribution in [2.45, 2.75) is 0 Å². The minimum absolute atomic E-state index is 0.450. The Morgan fingerprint density at radius 2 is 1.88 bits per heavy atom. The molecule has 2 heterocycles. The van der Waals surface area contributed by atoms with Crippen LogP contribution in [0, 0.1) is 0 Å². The van der Waals surface area contributed by atoms with Crippen LogP contribution in [-0.4, -0.2) is 15.0 Å². The van der Waals surface area contributed by atoms with Crippen molar-refractivity contribution in [3.8, 4) is 11.1 Å². The van der Waals surface area contributed by atoms with Crippen LogP contribution in [0.4, 0.5) is 0 Å². The van der Waals surface area contributed by atoms with E-state index in [9.17, 15) is 0 Å². The number of rotatable bonds is 1. The largest absolute Gasteiger partial charge is 0.243 e. The fourth-order valence-corrected chi connectivity index (χ4v) is 1.98. The Morgan fingerprint density at radius 1 is 1.06 bits per heavy atom. The van der Waals surface area contributed by atoms with Gasteiger partial charge in [-0.2, -0.15) is 0 Å². The monoisotopic (exact) mass is 241 g/mol. The van der Waals surface area contributed by atoms with Gasteiger partial charge in [-0.1, -0.05) is 41.9 Å². The molecule has 0 saturated heterocycles. The number of aromatic nitrogens is 3. The highest BCUT2D eigenvalue weighted by atomic mass is 35.5. The highest BCUT2D eigenvalue weighted by Crippen LogP contribution is 2.27. The van der Waals surface area contributed by atoms with Gasteiger partial charge < -0.3 is 0 Å². The van der Waals surface area contributed by atoms with Gasteiger partial charge in [0.1, 0.15) is 22.5 Å². The van der Waals surface area contributed by atoms with Crippen LogP contribution in [0.5, 0.6) is 0 Å². The van der Waals surface area contributed by atoms with E-state index < -0.39 is 0 Å². The minimum Gasteiger partial charge on any atom is -0.243 e. The molecule has 1 aromatic carbocycles. The molecule has 0 aliphatic heterocycles. The quantitative estimate of drug-likeness (QED) is 0.614. The van der Waals surface area contributed by atoms with Gasteiger partial charge in [-0.3, -0.25) is 0 Å². The molecule has 2 aromatic heterocycles. The van der Waals surface area contributed by atoms with Crippen molar-refractivity contribution in [3.05, 3.63) is 54.1 Å². The molecule has 17 heavy (non-hydrogen) atoms. The minimum atomic E-state index is 0.450. The van der Waals surface area contributed by atoms with Gasteiger partial charge in [0.15, 0.2) is 0 Å². The van der Waals surface area contributed by atoms with Gasteiger partial charge >= 0.3 is 0 Å². The topological polar surface area (TPSA) is 38.7 Å². The summed E-state index contributed by atoms with van der Waals surface area (Å²) < 4.78 is 0. The van der Waals surface area contributed by atoms with Gasteiger partial charge in [0.05, 0.1) is 6.20 Å². The lowest BCUT2D eigenvalue weighted by molar-refractivity contribution is 1.20. The van der Waals surface area contributed by atoms with Crippen molar-refractivity contribution in [2.75, 3.05) is 0 Å². The van der Waals surface area contributed by atoms with E-state index in [0.717, 1.165) is 16.6 Å². The molecule has 82 valence electrons. The average Bonchev–Trinajstić information content (AvgIpc) is 2.39. The van der Waals surface area contributed by atoms with Gasteiger partial charge in [0.2, 0.25) is 0 Å². The Morgan fingerprint density at radius 3 is 2.71 bits per heavy atom. The SMILES string of the molecule is Clc1cc(-c2ccccc2)c2ncncc2n1. The van der Waals surface area contributed by atoms with E-state index in [1.54, 1.807) is 6.20 Å². The Kier molecular flexibility index (Phi) is 2.46. The molecule has 0 aliphatic carbocycles. The van der Waals surface area contributed by atoms with Gasteiger partial charge in [0, 0.05) is 5.56 Å². The first-order chi connectivity index (χ1) is 8.34. The molecular formula is C13H8ClN3. The van der Waals surface area contributed by atoms with Crippen LogP contribution in [0.2, 0.25) is 5.15 Å². The molecule has 4 heteroatoms. The molecule has 3 aromatic rings. The Balaban J connectivity index is 2.36. The zero-order chi connectivity index (χ0) is 11.7. The summed E-state index contributed by atoms with van der Waals surface area (Å²) in [6.07, 6.45) is 3.19. The van der Waals surface area contributed by atoms with Crippen LogP contribution in [0.1, 0.15) is 0 Å². The number of halogens is 1. The number of hydrogen-bond donors (Lipinski definition) is 0. The Bertz CT molecular complexity index is 668. The van der Waals surface area contributed by atoms with Crippen molar-refractivity contribution < 1.29 is 0 Å². The number of benzene rings is 1. The number of fused-ring (bicyclic) bond motifs is 1. The molecule has 0 aliphatic rings. The average molecular weight is 242 g/mol. The maximum Gasteiger partial charge on any atom is 0.130 e. The van der Waals surface area contributed by atoms with Gasteiger partial charge in [-0.25, -0.2) is 15.0 Å². The van der Waals surface area contributed by atoms with Crippen LogP contribution in [0.15, 0.2) is 48.9 Å². The summed E-state index contributed by atoms with van der Waals surface area (Å²) in [6, 6.07) is 11.8. The first-order valence-electron chi connectivity index (χ1n) is 5.16. The van der Waals surface area contributed by atoms with Crippen LogP contribution in [-0.2, 0) is 0 Å². The van der Waals surface area contributed by atoms with Crippen molar-refractivity contribution in [3.63, 3.8) is 0 Å². The molecule has 0 atom stereocenters. The first-order valence-corrected chi connectivity index (χ1v) is 5.54. The van der Waals surface area contributed by atoms with E-state index >= 15 is 0 Å². The summed E-state index contributed by atoms with van der Waals surface area (Å²) >= 11 is 6.01. The molecule has 3 nitrogen and oxygen atoms in total. The second-order valence-electron chi connectivity index (χ2n) is 3.62. The summed E-state index contributed by atoms with van der Waals surface area (Å²) in [4.78, 5) is 12.4. The number of pyridine rings is 1. The molecular weight excluding hydrogens is 234 g/mol. The summed E-state index contributed by atoms with van der Waals surface area (Å²) in [5.74, 6) is 0. The van der Waals surface area contributed by atoms with E-state index in [2.05, 4.69) is 15.0 Å². The van der Waals surface area contributed by atoms with Crippen molar-refractivity contribution >= 4 is 22.6 Å². The normalized spacial score (nSPS) is 10.6. The lowest BCUT2D eigenvalue weighted by atomic mass is 10.1. The third-order valence-corrected chi connectivity index (χ3v) is 2.72. The molecule has 0 bridgehead atoms. The predicted molar refractivity (Wildman–Crippen MR) is 67.8 cm³/mol. The summed E-state index contributed by atoms with van der Waals surface area (Å²) in [5.41, 5.74) is 3.57. The fourth-order valence-electron chi connectivity index (χ4n) is 1.78. The Hall–Kier alpha value is -2.00. The number of nitrogens with zero attached hydrogens (tertiary/aromatic N) is 3. The highest BCUT2D eigenvalue weighted by molar-refractivity contribution is 6.30. The molecule has 0 fully saturated rings. The summed E-state index contributed by atoms with van der Waals surface area (Å²) in [6.45, 7) is 0. The lowest BCUT2D eigenvalue weighted by Crippen LogP contribution is -1.89. The maximum atomic E-state index is 6.01. The highest BCUT2D eigenvalue weighted by Gasteiger charge is 2.07. The fraction of sp³-hybridized carbons (Fsp3) is 0. The molecule has 3 rings (SSSR count). The Labute approximate surface area is 103 Å². The summed E-state index contributed by atoms with van der Waals surface area (Å²) in [7, 11) is 0. The molecule has 0 N–H and O–H groups in total. The molecule has 0 unspecified atom stereocenters. The third-order valence-electron chi connectivity index (χ3n) is 2.52. The molecule has 0 saturated carbocycles. The van der Waals surface area contributed by atoms with E-state index in [1.807, 2.05) is 36.4 Å². The summed E-state index contributed by atoms with van der Waals surface area (Å²) in [5, 5.41) is 0.450. The molecule has 0 radical (unpaired) electrons. The second-order valence-corrected chi connectivity index (χ2v) is 4.00. The molecule has 0 amide bonds. The molecule has 0 spiro atoms. The second kappa shape index (κ2) is 4.11. The predicted octanol–water partition coefficient (Wildman–Crippen LogP) is 3.35. The van der Waals surface area contributed by atoms with Crippen molar-refractivity contribution in [2.24, 2.45) is 0 Å². The zero-order valence-electron chi connectivity index (χ0n) is 8.84. The van der Waals surface area contributed by atoms with Crippen molar-refractivity contribution in [1.82, 2.24) is 15.0 Å². The standard InChI is InChI=1S/C13H8ClN3/c14-12-6-10(9-4-2-1-3-5-9)13-11(17-12)7-15-8-16-13/h1-8H. The van der Waals surface area contributed by atoms with E-state index in [4.69, 9.17) is 11.6 Å². The lowest BCUT2D eigenvalue weighted by Gasteiger charge is -2.05. The zero-order valence-corrected chi connectivity index (χ0v) is 9.59. The van der Waals surface area contributed by atoms with Crippen LogP contribution < -0.4 is 0 Å². The van der Waals surface area contributed by atoms with Gasteiger partial charge in [0.25, 0.3) is 0 Å². The van der Waals surface area contributed by atoms with Gasteiger partial charge in [-0.05, 0) is 11.6 Å². The van der Waals surface area contributed by atoms with Crippen molar-refractivity contribution in [1.29, 1.82) is 0 Å². The first kappa shape index (κ1) is 10.2. The van der Waals surface area contributed by atoms with Crippen LogP contribution in [0.25, 0.3) is 22.2 Å². The van der Waals surface area contributed by atoms with E-state index in [0.29, 0.717) is 10.7 Å². The maximum absolute atomic E-state index is 6.01. The smallest absolute Gasteiger partial charge is 0.130 e. The third kappa shape index (κ3) is 1.85. The van der Waals surface area contributed by atoms with Crippen LogP contribution >= 0.6 is 11.6 Å². The van der Waals surface area contributed by atoms with Gasteiger partial charge in [-0.15, -0.1) is 0 Å². The van der Waals surface area contributed by atoms with E-state index in [-0.39, 0.29) is 0 Å². The number of hydrogen-bond acceptors (Lipinski definition) is 3. The van der Waals surface area contributed by atoms with E-state index in [1.165, 1.54) is 6.33 Å².